The van der Waals surface area contributed by atoms with Crippen molar-refractivity contribution in [1.29, 1.82) is 0 Å². The maximum Gasteiger partial charge on any atom is 0.328 e. The van der Waals surface area contributed by atoms with Crippen LogP contribution in [0.4, 0.5) is 14.9 Å². The molecule has 5 rings (SSSR count). The van der Waals surface area contributed by atoms with E-state index in [1.165, 1.54) is 21.9 Å². The van der Waals surface area contributed by atoms with E-state index in [0.29, 0.717) is 19.0 Å². The van der Waals surface area contributed by atoms with Crippen LogP contribution in [0.5, 0.6) is 0 Å². The van der Waals surface area contributed by atoms with Gasteiger partial charge in [-0.1, -0.05) is 29.8 Å². The minimum Gasteiger partial charge on any atom is -0.325 e. The molecule has 0 aliphatic carbocycles. The average Bonchev–Trinajstić information content (AvgIpc) is 3.31. The summed E-state index contributed by atoms with van der Waals surface area (Å²) in [5.41, 5.74) is 2.84. The highest BCUT2D eigenvalue weighted by Gasteiger charge is 2.54. The molecule has 2 saturated heterocycles. The second-order valence-electron chi connectivity index (χ2n) is 7.91. The van der Waals surface area contributed by atoms with Gasteiger partial charge < -0.3 is 14.7 Å². The van der Waals surface area contributed by atoms with Gasteiger partial charge in [-0.2, -0.15) is 0 Å². The molecule has 0 saturated carbocycles. The molecule has 0 N–H and O–H groups in total. The molecule has 154 valence electrons. The molecule has 2 aromatic carbocycles. The number of carbonyl (C=O) groups is 2. The van der Waals surface area contributed by atoms with Gasteiger partial charge in [0.1, 0.15) is 5.82 Å². The molecule has 3 aliphatic heterocycles. The fraction of sp³-hybridized carbons (Fsp3) is 0.318. The SMILES string of the molecule is Cc1ccc(CN2C(=O)C3C(N=C4N(c5ccc(F)cc5)CCN43)N(C)C2=O)cc1. The lowest BCUT2D eigenvalue weighted by molar-refractivity contribution is -0.137. The highest BCUT2D eigenvalue weighted by Crippen LogP contribution is 2.33. The highest BCUT2D eigenvalue weighted by atomic mass is 19.1. The van der Waals surface area contributed by atoms with E-state index in [-0.39, 0.29) is 24.3 Å². The van der Waals surface area contributed by atoms with Crippen LogP contribution in [0.25, 0.3) is 0 Å². The first-order valence-corrected chi connectivity index (χ1v) is 9.95. The summed E-state index contributed by atoms with van der Waals surface area (Å²) in [5.74, 6) is 0.120. The van der Waals surface area contributed by atoms with Crippen molar-refractivity contribution in [2.24, 2.45) is 4.99 Å². The van der Waals surface area contributed by atoms with Gasteiger partial charge in [-0.25, -0.2) is 14.2 Å². The molecule has 0 aromatic heterocycles. The van der Waals surface area contributed by atoms with Gasteiger partial charge in [-0.15, -0.1) is 0 Å². The number of anilines is 1. The number of aliphatic imine (C=N–C) groups is 1. The number of fused-ring (bicyclic) bond motifs is 3. The molecule has 3 heterocycles. The molecule has 2 aromatic rings. The van der Waals surface area contributed by atoms with Crippen LogP contribution in [-0.2, 0) is 11.3 Å². The number of amides is 3. The fourth-order valence-electron chi connectivity index (χ4n) is 4.32. The third kappa shape index (κ3) is 2.82. The van der Waals surface area contributed by atoms with E-state index in [2.05, 4.69) is 0 Å². The highest BCUT2D eigenvalue weighted by molar-refractivity contribution is 6.07. The van der Waals surface area contributed by atoms with Crippen molar-refractivity contribution in [3.05, 3.63) is 65.5 Å². The molecule has 2 atom stereocenters. The first-order chi connectivity index (χ1) is 14.4. The minimum absolute atomic E-state index is 0.232. The number of rotatable bonds is 3. The van der Waals surface area contributed by atoms with Crippen LogP contribution < -0.4 is 4.90 Å². The van der Waals surface area contributed by atoms with Crippen molar-refractivity contribution in [3.8, 4) is 0 Å². The molecule has 7 nitrogen and oxygen atoms in total. The lowest BCUT2D eigenvalue weighted by Crippen LogP contribution is -2.64. The summed E-state index contributed by atoms with van der Waals surface area (Å²) >= 11 is 0. The Kier molecular flexibility index (Phi) is 4.23. The first-order valence-electron chi connectivity index (χ1n) is 9.95. The predicted molar refractivity (Wildman–Crippen MR) is 110 cm³/mol. The van der Waals surface area contributed by atoms with Crippen LogP contribution in [-0.4, -0.2) is 64.9 Å². The van der Waals surface area contributed by atoms with Gasteiger partial charge in [0.15, 0.2) is 12.2 Å². The summed E-state index contributed by atoms with van der Waals surface area (Å²) < 4.78 is 13.3. The number of carbonyl (C=O) groups excluding carboxylic acids is 2. The molecule has 0 bridgehead atoms. The third-order valence-electron chi connectivity index (χ3n) is 5.98. The van der Waals surface area contributed by atoms with Gasteiger partial charge >= 0.3 is 6.03 Å². The zero-order valence-corrected chi connectivity index (χ0v) is 16.8. The monoisotopic (exact) mass is 407 g/mol. The summed E-state index contributed by atoms with van der Waals surface area (Å²) in [7, 11) is 1.68. The van der Waals surface area contributed by atoms with E-state index in [4.69, 9.17) is 4.99 Å². The van der Waals surface area contributed by atoms with Crippen LogP contribution in [0.15, 0.2) is 53.5 Å². The van der Waals surface area contributed by atoms with E-state index >= 15 is 0 Å². The maximum atomic E-state index is 13.4. The zero-order valence-electron chi connectivity index (χ0n) is 16.8. The van der Waals surface area contributed by atoms with E-state index < -0.39 is 12.2 Å². The lowest BCUT2D eigenvalue weighted by Gasteiger charge is -2.40. The molecular weight excluding hydrogens is 385 g/mol. The molecule has 0 spiro atoms. The van der Waals surface area contributed by atoms with Gasteiger partial charge in [0.05, 0.1) is 6.54 Å². The molecule has 2 unspecified atom stereocenters. The number of hydrogen-bond donors (Lipinski definition) is 0. The number of likely N-dealkylation sites (N-methyl/N-ethyl adjacent to an activating group) is 1. The number of nitrogens with zero attached hydrogens (tertiary/aromatic N) is 5. The van der Waals surface area contributed by atoms with Gasteiger partial charge in [0.2, 0.25) is 5.96 Å². The minimum atomic E-state index is -0.558. The topological polar surface area (TPSA) is 59.5 Å². The van der Waals surface area contributed by atoms with E-state index in [9.17, 15) is 14.0 Å². The van der Waals surface area contributed by atoms with Crippen molar-refractivity contribution in [3.63, 3.8) is 0 Å². The Labute approximate surface area is 174 Å². The van der Waals surface area contributed by atoms with Gasteiger partial charge in [-0.05, 0) is 36.8 Å². The van der Waals surface area contributed by atoms with Crippen molar-refractivity contribution in [1.82, 2.24) is 14.7 Å². The zero-order chi connectivity index (χ0) is 21.0. The Morgan fingerprint density at radius 2 is 1.73 bits per heavy atom. The molecule has 30 heavy (non-hydrogen) atoms. The lowest BCUT2D eigenvalue weighted by atomic mass is 10.1. The molecule has 2 fully saturated rings. The number of aryl methyl sites for hydroxylation is 1. The van der Waals surface area contributed by atoms with Crippen LogP contribution in [0, 0.1) is 12.7 Å². The smallest absolute Gasteiger partial charge is 0.325 e. The molecule has 8 heteroatoms. The summed E-state index contributed by atoms with van der Waals surface area (Å²) in [6.07, 6.45) is -0.558. The Morgan fingerprint density at radius 3 is 2.43 bits per heavy atom. The number of imide groups is 1. The van der Waals surface area contributed by atoms with Crippen LogP contribution in [0.3, 0.4) is 0 Å². The molecule has 3 amide bonds. The normalized spacial score (nSPS) is 23.1. The number of hydrogen-bond acceptors (Lipinski definition) is 5. The summed E-state index contributed by atoms with van der Waals surface area (Å²) in [4.78, 5) is 37.8. The molecule has 0 radical (unpaired) electrons. The predicted octanol–water partition coefficient (Wildman–Crippen LogP) is 2.41. The van der Waals surface area contributed by atoms with Crippen molar-refractivity contribution < 1.29 is 14.0 Å². The first kappa shape index (κ1) is 18.6. The number of benzene rings is 2. The van der Waals surface area contributed by atoms with Crippen molar-refractivity contribution >= 4 is 23.6 Å². The second-order valence-corrected chi connectivity index (χ2v) is 7.91. The second kappa shape index (κ2) is 6.83. The van der Waals surface area contributed by atoms with Crippen molar-refractivity contribution in [2.45, 2.75) is 25.7 Å². The standard InChI is InChI=1S/C22H22FN5O2/c1-14-3-5-15(6-4-14)13-28-20(29)18-19(25(2)22(28)30)24-21-26(11-12-27(18)21)17-9-7-16(23)8-10-17/h3-10,18-19H,11-13H2,1-2H3. The van der Waals surface area contributed by atoms with E-state index in [1.54, 1.807) is 19.2 Å². The Morgan fingerprint density at radius 1 is 1.03 bits per heavy atom. The average molecular weight is 407 g/mol. The molecule has 3 aliphatic rings. The van der Waals surface area contributed by atoms with Gasteiger partial charge in [-0.3, -0.25) is 9.69 Å². The number of halogens is 1. The summed E-state index contributed by atoms with van der Waals surface area (Å²) in [6, 6.07) is 13.1. The number of guanidine groups is 1. The molecular formula is C22H22FN5O2. The van der Waals surface area contributed by atoms with Crippen LogP contribution in [0.1, 0.15) is 11.1 Å². The Balaban J connectivity index is 1.43. The Hall–Kier alpha value is -3.42. The van der Waals surface area contributed by atoms with Gasteiger partial charge in [0, 0.05) is 25.8 Å². The quantitative estimate of drug-likeness (QED) is 0.784. The third-order valence-corrected chi connectivity index (χ3v) is 5.98. The van der Waals surface area contributed by atoms with Crippen molar-refractivity contribution in [2.75, 3.05) is 25.0 Å². The summed E-state index contributed by atoms with van der Waals surface area (Å²) in [6.45, 7) is 3.49. The maximum absolute atomic E-state index is 13.4. The largest absolute Gasteiger partial charge is 0.328 e. The van der Waals surface area contributed by atoms with Crippen LogP contribution >= 0.6 is 0 Å². The van der Waals surface area contributed by atoms with E-state index in [0.717, 1.165) is 16.8 Å². The van der Waals surface area contributed by atoms with Crippen LogP contribution in [0.2, 0.25) is 0 Å². The Bertz CT molecular complexity index is 1040. The fourth-order valence-corrected chi connectivity index (χ4v) is 4.32. The number of urea groups is 1. The summed E-state index contributed by atoms with van der Waals surface area (Å²) in [5, 5.41) is 0. The van der Waals surface area contributed by atoms with Gasteiger partial charge in [0.25, 0.3) is 5.91 Å². The van der Waals surface area contributed by atoms with E-state index in [1.807, 2.05) is 41.0 Å².